The number of hydrogen-bond acceptors (Lipinski definition) is 5. The fourth-order valence-corrected chi connectivity index (χ4v) is 3.41. The van der Waals surface area contributed by atoms with Gasteiger partial charge in [-0.05, 0) is 62.5 Å². The molecule has 0 aliphatic carbocycles. The lowest BCUT2D eigenvalue weighted by atomic mass is 10.1. The summed E-state index contributed by atoms with van der Waals surface area (Å²) in [6, 6.07) is 14.9. The van der Waals surface area contributed by atoms with Gasteiger partial charge in [0, 0.05) is 48.7 Å². The molecule has 2 amide bonds. The highest BCUT2D eigenvalue weighted by Crippen LogP contribution is 2.18. The SMILES string of the molecule is COc1cccc(/C=N/NC(=O)c2ccc3c(ccn3CCCC(=O)NCCN(C)C)c2)c1. The Labute approximate surface area is 194 Å². The summed E-state index contributed by atoms with van der Waals surface area (Å²) in [7, 11) is 5.56. The van der Waals surface area contributed by atoms with Crippen molar-refractivity contribution in [2.45, 2.75) is 19.4 Å². The van der Waals surface area contributed by atoms with Gasteiger partial charge < -0.3 is 19.5 Å². The highest BCUT2D eigenvalue weighted by Gasteiger charge is 2.09. The molecule has 0 radical (unpaired) electrons. The Kier molecular flexibility index (Phi) is 8.60. The fraction of sp³-hybridized carbons (Fsp3) is 0.320. The molecule has 174 valence electrons. The third-order valence-corrected chi connectivity index (χ3v) is 5.19. The van der Waals surface area contributed by atoms with Crippen molar-refractivity contribution in [2.75, 3.05) is 34.3 Å². The molecule has 1 aromatic heterocycles. The summed E-state index contributed by atoms with van der Waals surface area (Å²) in [5.41, 5.74) is 4.95. The smallest absolute Gasteiger partial charge is 0.271 e. The van der Waals surface area contributed by atoms with Crippen LogP contribution in [-0.4, -0.2) is 61.8 Å². The number of fused-ring (bicyclic) bond motifs is 1. The predicted molar refractivity (Wildman–Crippen MR) is 131 cm³/mol. The monoisotopic (exact) mass is 449 g/mol. The summed E-state index contributed by atoms with van der Waals surface area (Å²) < 4.78 is 7.28. The molecule has 8 heteroatoms. The third kappa shape index (κ3) is 7.18. The molecule has 2 N–H and O–H groups in total. The minimum atomic E-state index is -0.279. The van der Waals surface area contributed by atoms with Gasteiger partial charge in [0.25, 0.3) is 5.91 Å². The number of nitrogens with zero attached hydrogens (tertiary/aromatic N) is 3. The summed E-state index contributed by atoms with van der Waals surface area (Å²) in [6.07, 6.45) is 4.79. The fourth-order valence-electron chi connectivity index (χ4n) is 3.41. The molecule has 0 bridgehead atoms. The normalized spacial score (nSPS) is 11.3. The van der Waals surface area contributed by atoms with Gasteiger partial charge in [-0.25, -0.2) is 5.43 Å². The average molecular weight is 450 g/mol. The molecule has 0 fully saturated rings. The van der Waals surface area contributed by atoms with Crippen LogP contribution in [0.3, 0.4) is 0 Å². The van der Waals surface area contributed by atoms with Crippen molar-refractivity contribution in [1.29, 1.82) is 0 Å². The number of carbonyl (C=O) groups is 2. The number of likely N-dealkylation sites (N-methyl/N-ethyl adjacent to an activating group) is 1. The molecule has 0 unspecified atom stereocenters. The number of nitrogens with one attached hydrogen (secondary N) is 2. The largest absolute Gasteiger partial charge is 0.497 e. The highest BCUT2D eigenvalue weighted by atomic mass is 16.5. The van der Waals surface area contributed by atoms with Crippen molar-refractivity contribution < 1.29 is 14.3 Å². The van der Waals surface area contributed by atoms with Crippen LogP contribution in [0.4, 0.5) is 0 Å². The first kappa shape index (κ1) is 24.0. The van der Waals surface area contributed by atoms with E-state index in [1.54, 1.807) is 19.4 Å². The van der Waals surface area contributed by atoms with Crippen molar-refractivity contribution in [1.82, 2.24) is 20.2 Å². The minimum Gasteiger partial charge on any atom is -0.497 e. The van der Waals surface area contributed by atoms with Crippen molar-refractivity contribution in [2.24, 2.45) is 5.10 Å². The van der Waals surface area contributed by atoms with E-state index in [-0.39, 0.29) is 11.8 Å². The van der Waals surface area contributed by atoms with E-state index < -0.39 is 0 Å². The molecule has 0 aliphatic heterocycles. The highest BCUT2D eigenvalue weighted by molar-refractivity contribution is 5.98. The Hall–Kier alpha value is -3.65. The number of hydrazone groups is 1. The second-order valence-corrected chi connectivity index (χ2v) is 8.02. The minimum absolute atomic E-state index is 0.0711. The van der Waals surface area contributed by atoms with E-state index in [2.05, 4.69) is 20.4 Å². The Morgan fingerprint density at radius 2 is 2.00 bits per heavy atom. The lowest BCUT2D eigenvalue weighted by molar-refractivity contribution is -0.121. The average Bonchev–Trinajstić information content (AvgIpc) is 3.21. The number of ether oxygens (including phenoxy) is 1. The molecule has 3 rings (SSSR count). The molecule has 0 spiro atoms. The second-order valence-electron chi connectivity index (χ2n) is 8.02. The van der Waals surface area contributed by atoms with E-state index in [9.17, 15) is 9.59 Å². The van der Waals surface area contributed by atoms with Crippen LogP contribution in [0.25, 0.3) is 10.9 Å². The van der Waals surface area contributed by atoms with Crippen LogP contribution in [0.5, 0.6) is 5.75 Å². The number of amides is 2. The van der Waals surface area contributed by atoms with Crippen LogP contribution in [0, 0.1) is 0 Å². The Morgan fingerprint density at radius 1 is 1.15 bits per heavy atom. The van der Waals surface area contributed by atoms with Gasteiger partial charge in [-0.3, -0.25) is 9.59 Å². The zero-order chi connectivity index (χ0) is 23.6. The molecule has 8 nitrogen and oxygen atoms in total. The summed E-state index contributed by atoms with van der Waals surface area (Å²) in [4.78, 5) is 26.5. The maximum Gasteiger partial charge on any atom is 0.271 e. The first-order chi connectivity index (χ1) is 16.0. The number of aryl methyl sites for hydroxylation is 1. The van der Waals surface area contributed by atoms with Gasteiger partial charge in [-0.2, -0.15) is 5.10 Å². The van der Waals surface area contributed by atoms with E-state index in [0.717, 1.165) is 41.7 Å². The third-order valence-electron chi connectivity index (χ3n) is 5.19. The van der Waals surface area contributed by atoms with Crippen LogP contribution in [0.15, 0.2) is 59.8 Å². The van der Waals surface area contributed by atoms with E-state index >= 15 is 0 Å². The molecule has 3 aromatic rings. The van der Waals surface area contributed by atoms with Crippen LogP contribution in [0.1, 0.15) is 28.8 Å². The number of aromatic nitrogens is 1. The lowest BCUT2D eigenvalue weighted by Crippen LogP contribution is -2.31. The molecule has 0 saturated carbocycles. The number of rotatable bonds is 11. The van der Waals surface area contributed by atoms with Crippen LogP contribution >= 0.6 is 0 Å². The molecule has 2 aromatic carbocycles. The predicted octanol–water partition coefficient (Wildman–Crippen LogP) is 2.87. The number of methoxy groups -OCH3 is 1. The van der Waals surface area contributed by atoms with Gasteiger partial charge in [-0.1, -0.05) is 12.1 Å². The zero-order valence-electron chi connectivity index (χ0n) is 19.4. The first-order valence-corrected chi connectivity index (χ1v) is 10.9. The molecule has 1 heterocycles. The quantitative estimate of drug-likeness (QED) is 0.348. The van der Waals surface area contributed by atoms with Crippen LogP contribution in [0.2, 0.25) is 0 Å². The summed E-state index contributed by atoms with van der Waals surface area (Å²) >= 11 is 0. The van der Waals surface area contributed by atoms with Gasteiger partial charge in [0.05, 0.1) is 13.3 Å². The summed E-state index contributed by atoms with van der Waals surface area (Å²) in [5, 5.41) is 7.94. The number of hydrogen-bond donors (Lipinski definition) is 2. The first-order valence-electron chi connectivity index (χ1n) is 10.9. The second kappa shape index (κ2) is 11.8. The Balaban J connectivity index is 1.52. The molecule has 0 atom stereocenters. The maximum atomic E-state index is 12.5. The van der Waals surface area contributed by atoms with Gasteiger partial charge in [0.1, 0.15) is 5.75 Å². The van der Waals surface area contributed by atoms with E-state index in [1.807, 2.05) is 67.7 Å². The molecular weight excluding hydrogens is 418 g/mol. The van der Waals surface area contributed by atoms with Gasteiger partial charge in [0.2, 0.25) is 5.91 Å². The number of carbonyl (C=O) groups excluding carboxylic acids is 2. The van der Waals surface area contributed by atoms with Crippen molar-refractivity contribution >= 4 is 28.9 Å². The zero-order valence-corrected chi connectivity index (χ0v) is 19.4. The maximum absolute atomic E-state index is 12.5. The molecular formula is C25H31N5O3. The standard InChI is InChI=1S/C25H31N5O3/c1-29(2)15-12-26-24(31)8-5-13-30-14-11-20-17-21(9-10-23(20)30)25(32)28-27-18-19-6-4-7-22(16-19)33-3/h4,6-7,9-11,14,16-18H,5,8,12-13,15H2,1-3H3,(H,26,31)(H,28,32)/b27-18+. The van der Waals surface area contributed by atoms with Crippen LogP contribution in [-0.2, 0) is 11.3 Å². The summed E-state index contributed by atoms with van der Waals surface area (Å²) in [5.74, 6) is 0.519. The van der Waals surface area contributed by atoms with Crippen molar-refractivity contribution in [3.8, 4) is 5.75 Å². The van der Waals surface area contributed by atoms with Crippen LogP contribution < -0.4 is 15.5 Å². The van der Waals surface area contributed by atoms with Crippen molar-refractivity contribution in [3.05, 3.63) is 65.9 Å². The van der Waals surface area contributed by atoms with Crippen molar-refractivity contribution in [3.63, 3.8) is 0 Å². The molecule has 0 saturated heterocycles. The van der Waals surface area contributed by atoms with E-state index in [0.29, 0.717) is 18.5 Å². The molecule has 33 heavy (non-hydrogen) atoms. The van der Waals surface area contributed by atoms with E-state index in [4.69, 9.17) is 4.74 Å². The Morgan fingerprint density at radius 3 is 2.79 bits per heavy atom. The summed E-state index contributed by atoms with van der Waals surface area (Å²) in [6.45, 7) is 2.23. The topological polar surface area (TPSA) is 88.0 Å². The van der Waals surface area contributed by atoms with E-state index in [1.165, 1.54) is 0 Å². The number of benzene rings is 2. The Bertz CT molecular complexity index is 1120. The van der Waals surface area contributed by atoms with Gasteiger partial charge >= 0.3 is 0 Å². The van der Waals surface area contributed by atoms with Gasteiger partial charge in [0.15, 0.2) is 0 Å². The van der Waals surface area contributed by atoms with Gasteiger partial charge in [-0.15, -0.1) is 0 Å². The lowest BCUT2D eigenvalue weighted by Gasteiger charge is -2.10. The molecule has 0 aliphatic rings.